The third kappa shape index (κ3) is 3.59. The molecular formula is C18H15FN4O3. The van der Waals surface area contributed by atoms with E-state index in [0.29, 0.717) is 0 Å². The number of hydrogen-bond acceptors (Lipinski definition) is 4. The van der Waals surface area contributed by atoms with E-state index in [-0.39, 0.29) is 29.3 Å². The van der Waals surface area contributed by atoms with Gasteiger partial charge in [0.25, 0.3) is 11.5 Å². The average molecular weight is 354 g/mol. The Hall–Kier alpha value is -3.55. The Morgan fingerprint density at radius 1 is 1.19 bits per heavy atom. The van der Waals surface area contributed by atoms with Gasteiger partial charge in [0, 0.05) is 19.7 Å². The number of nitrogens with one attached hydrogen (secondary N) is 2. The van der Waals surface area contributed by atoms with Gasteiger partial charge < -0.3 is 10.6 Å². The van der Waals surface area contributed by atoms with Gasteiger partial charge in [0.1, 0.15) is 11.5 Å². The van der Waals surface area contributed by atoms with Gasteiger partial charge in [-0.3, -0.25) is 18.8 Å². The van der Waals surface area contributed by atoms with Crippen molar-refractivity contribution in [3.8, 4) is 0 Å². The number of nitrogens with zero attached hydrogens (tertiary/aromatic N) is 2. The Kier molecular flexibility index (Phi) is 4.74. The monoisotopic (exact) mass is 354 g/mol. The van der Waals surface area contributed by atoms with Gasteiger partial charge in [-0.05, 0) is 29.8 Å². The van der Waals surface area contributed by atoms with Crippen molar-refractivity contribution < 1.29 is 14.0 Å². The molecule has 1 aromatic carbocycles. The Balaban J connectivity index is 1.88. The molecule has 0 fully saturated rings. The van der Waals surface area contributed by atoms with Gasteiger partial charge in [-0.15, -0.1) is 0 Å². The highest BCUT2D eigenvalue weighted by molar-refractivity contribution is 5.99. The highest BCUT2D eigenvalue weighted by atomic mass is 19.1. The summed E-state index contributed by atoms with van der Waals surface area (Å²) in [5.74, 6) is -1.17. The molecule has 0 saturated carbocycles. The molecule has 3 rings (SSSR count). The van der Waals surface area contributed by atoms with Crippen LogP contribution in [0.4, 0.5) is 10.1 Å². The molecule has 0 radical (unpaired) electrons. The predicted octanol–water partition coefficient (Wildman–Crippen LogP) is 1.72. The summed E-state index contributed by atoms with van der Waals surface area (Å²) in [5, 5.41) is 5.11. The summed E-state index contributed by atoms with van der Waals surface area (Å²) < 4.78 is 14.1. The van der Waals surface area contributed by atoms with Gasteiger partial charge in [0.05, 0.1) is 11.8 Å². The Morgan fingerprint density at radius 3 is 2.62 bits per heavy atom. The standard InChI is InChI=1S/C18H15FN4O3/c1-11(24)22-15-10-20-16-14(3-2-8-23(16)18(15)26)17(25)21-9-12-4-6-13(19)7-5-12/h2-8,10H,9H2,1H3,(H,21,25)(H,22,24). The normalized spacial score (nSPS) is 10.5. The van der Waals surface area contributed by atoms with Gasteiger partial charge in [-0.2, -0.15) is 0 Å². The first-order valence-electron chi connectivity index (χ1n) is 7.76. The fourth-order valence-electron chi connectivity index (χ4n) is 2.44. The summed E-state index contributed by atoms with van der Waals surface area (Å²) in [5.41, 5.74) is 0.652. The maximum Gasteiger partial charge on any atom is 0.281 e. The number of anilines is 1. The first-order chi connectivity index (χ1) is 12.5. The molecule has 0 saturated heterocycles. The third-order valence-corrected chi connectivity index (χ3v) is 3.65. The molecular weight excluding hydrogens is 339 g/mol. The molecule has 2 amide bonds. The van der Waals surface area contributed by atoms with Gasteiger partial charge >= 0.3 is 0 Å². The minimum absolute atomic E-state index is 0.0267. The van der Waals surface area contributed by atoms with Crippen LogP contribution in [0.1, 0.15) is 22.8 Å². The lowest BCUT2D eigenvalue weighted by Crippen LogP contribution is -2.26. The number of fused-ring (bicyclic) bond motifs is 1. The molecule has 2 N–H and O–H groups in total. The van der Waals surface area contributed by atoms with Crippen molar-refractivity contribution in [1.82, 2.24) is 14.7 Å². The number of hydrogen-bond donors (Lipinski definition) is 2. The molecule has 2 aromatic heterocycles. The van der Waals surface area contributed by atoms with E-state index in [1.807, 2.05) is 0 Å². The van der Waals surface area contributed by atoms with Crippen LogP contribution in [0.25, 0.3) is 5.65 Å². The van der Waals surface area contributed by atoms with Crippen LogP contribution in [0.5, 0.6) is 0 Å². The van der Waals surface area contributed by atoms with Crippen LogP contribution in [-0.2, 0) is 11.3 Å². The van der Waals surface area contributed by atoms with E-state index in [4.69, 9.17) is 0 Å². The molecule has 8 heteroatoms. The Labute approximate surface area is 147 Å². The maximum absolute atomic E-state index is 12.9. The number of rotatable bonds is 4. The van der Waals surface area contributed by atoms with Gasteiger partial charge in [-0.1, -0.05) is 12.1 Å². The van der Waals surface area contributed by atoms with E-state index in [9.17, 15) is 18.8 Å². The van der Waals surface area contributed by atoms with Crippen molar-refractivity contribution >= 4 is 23.1 Å². The first-order valence-corrected chi connectivity index (χ1v) is 7.76. The number of pyridine rings is 1. The van der Waals surface area contributed by atoms with Crippen LogP contribution < -0.4 is 16.2 Å². The predicted molar refractivity (Wildman–Crippen MR) is 93.3 cm³/mol. The molecule has 0 atom stereocenters. The highest BCUT2D eigenvalue weighted by Gasteiger charge is 2.14. The van der Waals surface area contributed by atoms with Crippen molar-refractivity contribution in [3.63, 3.8) is 0 Å². The number of amides is 2. The van der Waals surface area contributed by atoms with Crippen molar-refractivity contribution in [1.29, 1.82) is 0 Å². The van der Waals surface area contributed by atoms with Crippen LogP contribution in [-0.4, -0.2) is 21.2 Å². The Bertz CT molecular complexity index is 1040. The molecule has 26 heavy (non-hydrogen) atoms. The van der Waals surface area contributed by atoms with Crippen LogP contribution in [0, 0.1) is 5.82 Å². The summed E-state index contributed by atoms with van der Waals surface area (Å²) in [6.45, 7) is 1.49. The van der Waals surface area contributed by atoms with E-state index in [2.05, 4.69) is 15.6 Å². The van der Waals surface area contributed by atoms with E-state index in [1.54, 1.807) is 24.3 Å². The average Bonchev–Trinajstić information content (AvgIpc) is 2.62. The maximum atomic E-state index is 12.9. The number of halogens is 1. The minimum atomic E-state index is -0.488. The van der Waals surface area contributed by atoms with E-state index >= 15 is 0 Å². The zero-order chi connectivity index (χ0) is 18.7. The van der Waals surface area contributed by atoms with Gasteiger partial charge in [0.2, 0.25) is 5.91 Å². The first kappa shape index (κ1) is 17.3. The fourth-order valence-corrected chi connectivity index (χ4v) is 2.44. The summed E-state index contributed by atoms with van der Waals surface area (Å²) in [6.07, 6.45) is 2.68. The van der Waals surface area contributed by atoms with E-state index < -0.39 is 17.4 Å². The lowest BCUT2D eigenvalue weighted by Gasteiger charge is -2.09. The van der Waals surface area contributed by atoms with Gasteiger partial charge in [0.15, 0.2) is 5.65 Å². The third-order valence-electron chi connectivity index (χ3n) is 3.65. The fraction of sp³-hybridized carbons (Fsp3) is 0.111. The van der Waals surface area contributed by atoms with Gasteiger partial charge in [-0.25, -0.2) is 9.37 Å². The molecule has 0 aliphatic heterocycles. The quantitative estimate of drug-likeness (QED) is 0.746. The molecule has 0 aliphatic rings. The molecule has 0 spiro atoms. The number of aromatic nitrogens is 2. The second kappa shape index (κ2) is 7.14. The number of benzene rings is 1. The summed E-state index contributed by atoms with van der Waals surface area (Å²) in [4.78, 5) is 40.1. The minimum Gasteiger partial charge on any atom is -0.348 e. The molecule has 0 aliphatic carbocycles. The topological polar surface area (TPSA) is 92.6 Å². The second-order valence-electron chi connectivity index (χ2n) is 5.58. The van der Waals surface area contributed by atoms with Crippen molar-refractivity contribution in [3.05, 3.63) is 76.1 Å². The van der Waals surface area contributed by atoms with Crippen LogP contribution in [0.15, 0.2) is 53.6 Å². The lowest BCUT2D eigenvalue weighted by molar-refractivity contribution is -0.114. The van der Waals surface area contributed by atoms with Crippen molar-refractivity contribution in [2.24, 2.45) is 0 Å². The van der Waals surface area contributed by atoms with Crippen molar-refractivity contribution in [2.45, 2.75) is 13.5 Å². The molecule has 3 aromatic rings. The Morgan fingerprint density at radius 2 is 1.92 bits per heavy atom. The SMILES string of the molecule is CC(=O)Nc1cnc2c(C(=O)NCc3ccc(F)cc3)cccn2c1=O. The second-order valence-corrected chi connectivity index (χ2v) is 5.58. The molecule has 7 nitrogen and oxygen atoms in total. The molecule has 0 unspecified atom stereocenters. The van der Waals surface area contributed by atoms with Crippen LogP contribution >= 0.6 is 0 Å². The largest absolute Gasteiger partial charge is 0.348 e. The summed E-state index contributed by atoms with van der Waals surface area (Å²) in [6, 6.07) is 8.84. The van der Waals surface area contributed by atoms with Crippen LogP contribution in [0.2, 0.25) is 0 Å². The molecule has 2 heterocycles. The summed E-state index contributed by atoms with van der Waals surface area (Å²) >= 11 is 0. The summed E-state index contributed by atoms with van der Waals surface area (Å²) in [7, 11) is 0. The zero-order valence-corrected chi connectivity index (χ0v) is 13.8. The smallest absolute Gasteiger partial charge is 0.281 e. The number of carbonyl (C=O) groups is 2. The van der Waals surface area contributed by atoms with E-state index in [1.165, 1.54) is 35.9 Å². The zero-order valence-electron chi connectivity index (χ0n) is 13.8. The molecule has 132 valence electrons. The van der Waals surface area contributed by atoms with Crippen LogP contribution in [0.3, 0.4) is 0 Å². The lowest BCUT2D eigenvalue weighted by atomic mass is 10.2. The molecule has 0 bridgehead atoms. The van der Waals surface area contributed by atoms with E-state index in [0.717, 1.165) is 5.56 Å². The number of carbonyl (C=O) groups excluding carboxylic acids is 2. The highest BCUT2D eigenvalue weighted by Crippen LogP contribution is 2.09. The van der Waals surface area contributed by atoms with Crippen molar-refractivity contribution in [2.75, 3.05) is 5.32 Å².